The van der Waals surface area contributed by atoms with Gasteiger partial charge in [-0.2, -0.15) is 0 Å². The second kappa shape index (κ2) is 3.91. The summed E-state index contributed by atoms with van der Waals surface area (Å²) in [5.41, 5.74) is 2.87. The molecule has 1 aromatic rings. The van der Waals surface area contributed by atoms with Crippen LogP contribution in [-0.2, 0) is 0 Å². The van der Waals surface area contributed by atoms with Gasteiger partial charge in [-0.25, -0.2) is 0 Å². The Kier molecular flexibility index (Phi) is 2.64. The van der Waals surface area contributed by atoms with E-state index in [0.29, 0.717) is 22.6 Å². The van der Waals surface area contributed by atoms with E-state index in [1.54, 1.807) is 6.07 Å². The van der Waals surface area contributed by atoms with E-state index in [1.807, 2.05) is 13.0 Å². The molecule has 2 fully saturated rings. The van der Waals surface area contributed by atoms with Crippen molar-refractivity contribution in [2.24, 2.45) is 16.7 Å². The lowest BCUT2D eigenvalue weighted by atomic mass is 9.68. The first-order valence-electron chi connectivity index (χ1n) is 7.39. The van der Waals surface area contributed by atoms with Crippen LogP contribution in [0.15, 0.2) is 18.2 Å². The molecule has 104 valence electrons. The number of phenols is 1. The molecule has 2 bridgehead atoms. The van der Waals surface area contributed by atoms with Gasteiger partial charge in [0.25, 0.3) is 0 Å². The van der Waals surface area contributed by atoms with E-state index >= 15 is 0 Å². The maximum atomic E-state index is 9.64. The fourth-order valence-corrected chi connectivity index (χ4v) is 4.57. The van der Waals surface area contributed by atoms with Gasteiger partial charge in [-0.15, -0.1) is 0 Å². The predicted molar refractivity (Wildman–Crippen MR) is 79.5 cm³/mol. The summed E-state index contributed by atoms with van der Waals surface area (Å²) in [7, 11) is 0. The molecule has 2 N–H and O–H groups in total. The fourth-order valence-electron chi connectivity index (χ4n) is 4.57. The van der Waals surface area contributed by atoms with Gasteiger partial charge in [-0.3, -0.25) is 0 Å². The zero-order chi connectivity index (χ0) is 13.8. The summed E-state index contributed by atoms with van der Waals surface area (Å²) in [6.07, 6.45) is 4.08. The van der Waals surface area contributed by atoms with Crippen molar-refractivity contribution in [2.75, 3.05) is 5.32 Å². The lowest BCUT2D eigenvalue weighted by molar-refractivity contribution is 0.155. The van der Waals surface area contributed by atoms with Gasteiger partial charge in [0.2, 0.25) is 0 Å². The van der Waals surface area contributed by atoms with Crippen molar-refractivity contribution in [1.29, 1.82) is 0 Å². The van der Waals surface area contributed by atoms with Crippen molar-refractivity contribution in [2.45, 2.75) is 53.0 Å². The van der Waals surface area contributed by atoms with Gasteiger partial charge < -0.3 is 10.4 Å². The maximum absolute atomic E-state index is 9.64. The van der Waals surface area contributed by atoms with Crippen LogP contribution in [0.25, 0.3) is 0 Å². The summed E-state index contributed by atoms with van der Waals surface area (Å²) in [5.74, 6) is 1.23. The number of benzene rings is 1. The lowest BCUT2D eigenvalue weighted by Gasteiger charge is -2.43. The van der Waals surface area contributed by atoms with Gasteiger partial charge in [-0.1, -0.05) is 20.8 Å². The third-order valence-corrected chi connectivity index (χ3v) is 5.78. The standard InChI is InChI=1S/C17H25NO/c1-11-9-13(5-6-14(11)19)18-15-16(2,3)12-7-8-17(15,4)10-12/h5-6,9,12,15,18-19H,7-8,10H2,1-4H3/t12-,15?,17+/m0/s1. The van der Waals surface area contributed by atoms with Crippen molar-refractivity contribution < 1.29 is 5.11 Å². The molecule has 2 aliphatic carbocycles. The van der Waals surface area contributed by atoms with Crippen LogP contribution in [0, 0.1) is 23.7 Å². The van der Waals surface area contributed by atoms with Crippen LogP contribution in [0.1, 0.15) is 45.6 Å². The first-order chi connectivity index (χ1) is 8.83. The molecular formula is C17H25NO. The third-order valence-electron chi connectivity index (χ3n) is 5.78. The van der Waals surface area contributed by atoms with E-state index in [2.05, 4.69) is 32.2 Å². The average molecular weight is 259 g/mol. The smallest absolute Gasteiger partial charge is 0.118 e. The van der Waals surface area contributed by atoms with Crippen LogP contribution in [0.5, 0.6) is 5.75 Å². The van der Waals surface area contributed by atoms with Crippen molar-refractivity contribution in [3.05, 3.63) is 23.8 Å². The number of aryl methyl sites for hydroxylation is 1. The molecule has 2 heteroatoms. The molecule has 0 aromatic heterocycles. The Balaban J connectivity index is 1.88. The number of rotatable bonds is 2. The van der Waals surface area contributed by atoms with Gasteiger partial charge in [0.1, 0.15) is 5.75 Å². The topological polar surface area (TPSA) is 32.3 Å². The van der Waals surface area contributed by atoms with Crippen LogP contribution in [-0.4, -0.2) is 11.1 Å². The minimum Gasteiger partial charge on any atom is -0.508 e. The molecular weight excluding hydrogens is 234 g/mol. The Bertz CT molecular complexity index is 503. The van der Waals surface area contributed by atoms with Crippen LogP contribution < -0.4 is 5.32 Å². The highest BCUT2D eigenvalue weighted by Crippen LogP contribution is 2.63. The fraction of sp³-hybridized carbons (Fsp3) is 0.647. The van der Waals surface area contributed by atoms with Gasteiger partial charge in [0, 0.05) is 11.7 Å². The molecule has 0 aliphatic heterocycles. The van der Waals surface area contributed by atoms with Crippen molar-refractivity contribution in [3.8, 4) is 5.75 Å². The van der Waals surface area contributed by atoms with Crippen LogP contribution in [0.3, 0.4) is 0 Å². The van der Waals surface area contributed by atoms with Crippen LogP contribution in [0.2, 0.25) is 0 Å². The quantitative estimate of drug-likeness (QED) is 0.775. The molecule has 0 amide bonds. The summed E-state index contributed by atoms with van der Waals surface area (Å²) in [4.78, 5) is 0. The molecule has 3 atom stereocenters. The predicted octanol–water partition coefficient (Wildman–Crippen LogP) is 4.33. The zero-order valence-corrected chi connectivity index (χ0v) is 12.5. The number of phenolic OH excluding ortho intramolecular Hbond substituents is 1. The Morgan fingerprint density at radius 3 is 2.58 bits per heavy atom. The zero-order valence-electron chi connectivity index (χ0n) is 12.5. The molecule has 3 rings (SSSR count). The Hall–Kier alpha value is -1.18. The molecule has 2 nitrogen and oxygen atoms in total. The molecule has 2 aliphatic rings. The molecule has 2 saturated carbocycles. The molecule has 0 saturated heterocycles. The molecule has 0 radical (unpaired) electrons. The van der Waals surface area contributed by atoms with Crippen LogP contribution >= 0.6 is 0 Å². The number of aromatic hydroxyl groups is 1. The van der Waals surface area contributed by atoms with E-state index in [-0.39, 0.29) is 0 Å². The van der Waals surface area contributed by atoms with E-state index in [4.69, 9.17) is 0 Å². The number of hydrogen-bond donors (Lipinski definition) is 2. The van der Waals surface area contributed by atoms with Gasteiger partial charge in [-0.05, 0) is 66.7 Å². The summed E-state index contributed by atoms with van der Waals surface area (Å²) >= 11 is 0. The SMILES string of the molecule is Cc1cc(NC2C(C)(C)[C@H]3CC[C@]2(C)C3)ccc1O. The highest BCUT2D eigenvalue weighted by molar-refractivity contribution is 5.52. The minimum absolute atomic E-state index is 0.360. The monoisotopic (exact) mass is 259 g/mol. The van der Waals surface area contributed by atoms with E-state index in [1.165, 1.54) is 19.3 Å². The number of fused-ring (bicyclic) bond motifs is 2. The first-order valence-corrected chi connectivity index (χ1v) is 7.39. The Morgan fingerprint density at radius 2 is 2.00 bits per heavy atom. The maximum Gasteiger partial charge on any atom is 0.118 e. The van der Waals surface area contributed by atoms with E-state index < -0.39 is 0 Å². The van der Waals surface area contributed by atoms with Gasteiger partial charge in [0.15, 0.2) is 0 Å². The molecule has 0 heterocycles. The molecule has 1 aromatic carbocycles. The van der Waals surface area contributed by atoms with Gasteiger partial charge >= 0.3 is 0 Å². The Labute approximate surface area is 116 Å². The number of anilines is 1. The molecule has 19 heavy (non-hydrogen) atoms. The van der Waals surface area contributed by atoms with E-state index in [9.17, 15) is 5.11 Å². The second-order valence-corrected chi connectivity index (χ2v) is 7.49. The van der Waals surface area contributed by atoms with E-state index in [0.717, 1.165) is 17.2 Å². The van der Waals surface area contributed by atoms with Gasteiger partial charge in [0.05, 0.1) is 0 Å². The lowest BCUT2D eigenvalue weighted by Crippen LogP contribution is -2.45. The van der Waals surface area contributed by atoms with Crippen molar-refractivity contribution >= 4 is 5.69 Å². The summed E-state index contributed by atoms with van der Waals surface area (Å²) < 4.78 is 0. The third kappa shape index (κ3) is 1.84. The summed E-state index contributed by atoms with van der Waals surface area (Å²) in [6.45, 7) is 9.21. The van der Waals surface area contributed by atoms with Crippen LogP contribution in [0.4, 0.5) is 5.69 Å². The average Bonchev–Trinajstić information content (AvgIpc) is 2.80. The van der Waals surface area contributed by atoms with Crippen molar-refractivity contribution in [1.82, 2.24) is 0 Å². The second-order valence-electron chi connectivity index (χ2n) is 7.49. The minimum atomic E-state index is 0.360. The largest absolute Gasteiger partial charge is 0.508 e. The highest BCUT2D eigenvalue weighted by atomic mass is 16.3. The highest BCUT2D eigenvalue weighted by Gasteiger charge is 2.59. The molecule has 1 unspecified atom stereocenters. The Morgan fingerprint density at radius 1 is 1.26 bits per heavy atom. The first kappa shape index (κ1) is 12.8. The normalized spacial score (nSPS) is 35.6. The summed E-state index contributed by atoms with van der Waals surface area (Å²) in [5, 5.41) is 13.4. The number of nitrogens with one attached hydrogen (secondary N) is 1. The van der Waals surface area contributed by atoms with Crippen molar-refractivity contribution in [3.63, 3.8) is 0 Å². The summed E-state index contributed by atoms with van der Waals surface area (Å²) in [6, 6.07) is 6.37. The number of hydrogen-bond acceptors (Lipinski definition) is 2. The molecule has 0 spiro atoms.